The van der Waals surface area contributed by atoms with Gasteiger partial charge in [0.15, 0.2) is 0 Å². The highest BCUT2D eigenvalue weighted by molar-refractivity contribution is 5.96. The highest BCUT2D eigenvalue weighted by atomic mass is 16.2. The van der Waals surface area contributed by atoms with Crippen LogP contribution in [-0.4, -0.2) is 54.8 Å². The highest BCUT2D eigenvalue weighted by Gasteiger charge is 2.22. The van der Waals surface area contributed by atoms with Crippen molar-refractivity contribution in [2.24, 2.45) is 0 Å². The van der Waals surface area contributed by atoms with E-state index in [0.29, 0.717) is 12.0 Å². The number of anilines is 1. The number of hydrogen-bond acceptors (Lipinski definition) is 3. The van der Waals surface area contributed by atoms with E-state index in [9.17, 15) is 9.59 Å². The van der Waals surface area contributed by atoms with Crippen LogP contribution in [0.4, 0.5) is 5.69 Å². The van der Waals surface area contributed by atoms with Gasteiger partial charge in [-0.3, -0.25) is 9.59 Å². The van der Waals surface area contributed by atoms with Crippen molar-refractivity contribution in [1.29, 1.82) is 0 Å². The van der Waals surface area contributed by atoms with Crippen molar-refractivity contribution in [1.82, 2.24) is 9.80 Å². The summed E-state index contributed by atoms with van der Waals surface area (Å²) in [7, 11) is 2.07. The van der Waals surface area contributed by atoms with Gasteiger partial charge in [-0.1, -0.05) is 44.2 Å². The third kappa shape index (κ3) is 5.67. The zero-order chi connectivity index (χ0) is 20.9. The van der Waals surface area contributed by atoms with Gasteiger partial charge in [-0.05, 0) is 48.7 Å². The van der Waals surface area contributed by atoms with Gasteiger partial charge in [0.25, 0.3) is 5.91 Å². The molecule has 2 aromatic rings. The van der Waals surface area contributed by atoms with Crippen molar-refractivity contribution in [3.8, 4) is 0 Å². The fourth-order valence-electron chi connectivity index (χ4n) is 3.57. The number of carbonyl (C=O) groups is 2. The molecule has 0 aromatic heterocycles. The van der Waals surface area contributed by atoms with E-state index >= 15 is 0 Å². The first kappa shape index (κ1) is 21.1. The predicted octanol–water partition coefficient (Wildman–Crippen LogP) is 3.77. The van der Waals surface area contributed by atoms with Gasteiger partial charge in [0.2, 0.25) is 5.91 Å². The average molecular weight is 394 g/mol. The van der Waals surface area contributed by atoms with E-state index in [1.165, 1.54) is 5.56 Å². The van der Waals surface area contributed by atoms with Crippen LogP contribution in [0.25, 0.3) is 0 Å². The lowest BCUT2D eigenvalue weighted by Gasteiger charge is -2.32. The molecule has 0 unspecified atom stereocenters. The summed E-state index contributed by atoms with van der Waals surface area (Å²) in [5.74, 6) is 0.0488. The minimum atomic E-state index is -0.0581. The summed E-state index contributed by atoms with van der Waals surface area (Å²) in [4.78, 5) is 29.1. The van der Waals surface area contributed by atoms with Gasteiger partial charge >= 0.3 is 0 Å². The van der Waals surface area contributed by atoms with E-state index in [0.717, 1.165) is 38.3 Å². The van der Waals surface area contributed by atoms with E-state index in [1.807, 2.05) is 35.2 Å². The summed E-state index contributed by atoms with van der Waals surface area (Å²) in [6.45, 7) is 7.64. The van der Waals surface area contributed by atoms with Gasteiger partial charge in [-0.2, -0.15) is 0 Å². The monoisotopic (exact) mass is 393 g/mol. The Balaban J connectivity index is 1.51. The van der Waals surface area contributed by atoms with E-state index in [-0.39, 0.29) is 17.2 Å². The van der Waals surface area contributed by atoms with Crippen molar-refractivity contribution in [3.63, 3.8) is 0 Å². The summed E-state index contributed by atoms with van der Waals surface area (Å²) < 4.78 is 0. The van der Waals surface area contributed by atoms with Crippen molar-refractivity contribution >= 4 is 17.5 Å². The Hall–Kier alpha value is -2.66. The van der Waals surface area contributed by atoms with Crippen LogP contribution in [0.2, 0.25) is 0 Å². The average Bonchev–Trinajstić information content (AvgIpc) is 2.74. The lowest BCUT2D eigenvalue weighted by atomic mass is 9.80. The number of hydrogen-bond donors (Lipinski definition) is 1. The van der Waals surface area contributed by atoms with E-state index in [4.69, 9.17) is 0 Å². The molecule has 1 fully saturated rings. The number of piperazine rings is 1. The molecule has 1 aliphatic heterocycles. The molecule has 0 saturated carbocycles. The molecule has 1 saturated heterocycles. The van der Waals surface area contributed by atoms with E-state index in [1.54, 1.807) is 12.1 Å². The van der Waals surface area contributed by atoms with Crippen LogP contribution in [-0.2, 0) is 10.2 Å². The normalized spacial score (nSPS) is 15.2. The first-order valence-electron chi connectivity index (χ1n) is 10.3. The zero-order valence-corrected chi connectivity index (χ0v) is 17.6. The van der Waals surface area contributed by atoms with Crippen LogP contribution in [0, 0.1) is 0 Å². The Labute approximate surface area is 173 Å². The first-order valence-corrected chi connectivity index (χ1v) is 10.3. The van der Waals surface area contributed by atoms with Crippen molar-refractivity contribution in [3.05, 3.63) is 65.7 Å². The molecule has 29 heavy (non-hydrogen) atoms. The summed E-state index contributed by atoms with van der Waals surface area (Å²) in [6.07, 6.45) is 1.21. The second kappa shape index (κ2) is 9.23. The van der Waals surface area contributed by atoms with Crippen LogP contribution in [0.5, 0.6) is 0 Å². The summed E-state index contributed by atoms with van der Waals surface area (Å²) in [5, 5.41) is 2.95. The zero-order valence-electron chi connectivity index (χ0n) is 17.6. The first-order chi connectivity index (χ1) is 13.8. The molecular formula is C24H31N3O2. The minimum absolute atomic E-state index is 0.00727. The predicted molar refractivity (Wildman–Crippen MR) is 117 cm³/mol. The molecule has 5 nitrogen and oxygen atoms in total. The van der Waals surface area contributed by atoms with Crippen LogP contribution < -0.4 is 5.32 Å². The van der Waals surface area contributed by atoms with Crippen molar-refractivity contribution in [2.75, 3.05) is 38.5 Å². The Morgan fingerprint density at radius 1 is 0.931 bits per heavy atom. The van der Waals surface area contributed by atoms with E-state index in [2.05, 4.69) is 43.2 Å². The molecule has 0 radical (unpaired) electrons. The third-order valence-corrected chi connectivity index (χ3v) is 5.74. The molecule has 0 aliphatic carbocycles. The molecule has 2 aromatic carbocycles. The number of nitrogens with one attached hydrogen (secondary N) is 1. The maximum atomic E-state index is 12.6. The largest absolute Gasteiger partial charge is 0.336 e. The van der Waals surface area contributed by atoms with Gasteiger partial charge in [0, 0.05) is 43.9 Å². The molecule has 1 N–H and O–H groups in total. The lowest BCUT2D eigenvalue weighted by Crippen LogP contribution is -2.47. The van der Waals surface area contributed by atoms with Gasteiger partial charge in [-0.25, -0.2) is 0 Å². The molecule has 1 aliphatic rings. The van der Waals surface area contributed by atoms with E-state index < -0.39 is 0 Å². The lowest BCUT2D eigenvalue weighted by molar-refractivity contribution is -0.116. The number of likely N-dealkylation sites (N-methyl/N-ethyl adjacent to an activating group) is 1. The number of nitrogens with zero attached hydrogens (tertiary/aromatic N) is 2. The van der Waals surface area contributed by atoms with Crippen molar-refractivity contribution < 1.29 is 9.59 Å². The molecule has 0 bridgehead atoms. The summed E-state index contributed by atoms with van der Waals surface area (Å²) >= 11 is 0. The van der Waals surface area contributed by atoms with Crippen LogP contribution >= 0.6 is 0 Å². The summed E-state index contributed by atoms with van der Waals surface area (Å²) in [5.41, 5.74) is 2.57. The maximum absolute atomic E-state index is 12.6. The highest BCUT2D eigenvalue weighted by Crippen LogP contribution is 2.28. The molecular weight excluding hydrogens is 362 g/mol. The molecule has 3 rings (SSSR count). The fourth-order valence-corrected chi connectivity index (χ4v) is 3.57. The van der Waals surface area contributed by atoms with Crippen molar-refractivity contribution in [2.45, 2.75) is 32.1 Å². The van der Waals surface area contributed by atoms with Gasteiger partial charge < -0.3 is 15.1 Å². The van der Waals surface area contributed by atoms with Crippen LogP contribution in [0.3, 0.4) is 0 Å². The molecule has 0 spiro atoms. The third-order valence-electron chi connectivity index (χ3n) is 5.74. The SMILES string of the molecule is CN1CCN(C(=O)c2ccc(NC(=O)CCC(C)(C)c3ccccc3)cc2)CC1. The van der Waals surface area contributed by atoms with Crippen LogP contribution in [0.15, 0.2) is 54.6 Å². The Morgan fingerprint density at radius 2 is 1.55 bits per heavy atom. The molecule has 154 valence electrons. The maximum Gasteiger partial charge on any atom is 0.253 e. The second-order valence-electron chi connectivity index (χ2n) is 8.47. The molecule has 5 heteroatoms. The van der Waals surface area contributed by atoms with Gasteiger partial charge in [0.1, 0.15) is 0 Å². The Morgan fingerprint density at radius 3 is 2.17 bits per heavy atom. The van der Waals surface area contributed by atoms with Gasteiger partial charge in [-0.15, -0.1) is 0 Å². The molecule has 0 atom stereocenters. The standard InChI is InChI=1S/C24H31N3O2/c1-24(2,20-7-5-4-6-8-20)14-13-22(28)25-21-11-9-19(10-12-21)23(29)27-17-15-26(3)16-18-27/h4-12H,13-18H2,1-3H3,(H,25,28). The topological polar surface area (TPSA) is 52.6 Å². The number of carbonyl (C=O) groups excluding carboxylic acids is 2. The smallest absolute Gasteiger partial charge is 0.253 e. The van der Waals surface area contributed by atoms with Crippen LogP contribution in [0.1, 0.15) is 42.6 Å². The minimum Gasteiger partial charge on any atom is -0.336 e. The number of amides is 2. The quantitative estimate of drug-likeness (QED) is 0.813. The molecule has 1 heterocycles. The number of rotatable bonds is 6. The Bertz CT molecular complexity index is 823. The Kier molecular flexibility index (Phi) is 6.70. The number of benzene rings is 2. The fraction of sp³-hybridized carbons (Fsp3) is 0.417. The van der Waals surface area contributed by atoms with Gasteiger partial charge in [0.05, 0.1) is 0 Å². The molecule has 2 amide bonds. The second-order valence-corrected chi connectivity index (χ2v) is 8.47. The summed E-state index contributed by atoms with van der Waals surface area (Å²) in [6, 6.07) is 17.5.